The number of rotatable bonds is 2. The Labute approximate surface area is 88.6 Å². The summed E-state index contributed by atoms with van der Waals surface area (Å²) in [6.45, 7) is 0. The maximum absolute atomic E-state index is 11.3. The largest absolute Gasteiger partial charge is 0.512 e. The van der Waals surface area contributed by atoms with Crippen LogP contribution in [0.2, 0.25) is 0 Å². The average Bonchev–Trinajstić information content (AvgIpc) is 2.58. The molecule has 0 saturated carbocycles. The van der Waals surface area contributed by atoms with Crippen LogP contribution in [0.3, 0.4) is 0 Å². The van der Waals surface area contributed by atoms with Gasteiger partial charge in [0.25, 0.3) is 0 Å². The molecular weight excluding hydrogens is 188 g/mol. The molecule has 1 aromatic rings. The topological polar surface area (TPSA) is 37.3 Å². The first-order valence-electron chi connectivity index (χ1n) is 4.96. The molecule has 1 aliphatic rings. The molecule has 0 fully saturated rings. The molecule has 0 aliphatic heterocycles. The van der Waals surface area contributed by atoms with E-state index in [1.807, 2.05) is 36.4 Å². The molecule has 15 heavy (non-hydrogen) atoms. The molecule has 0 heterocycles. The van der Waals surface area contributed by atoms with Crippen molar-refractivity contribution in [2.45, 2.75) is 12.8 Å². The molecule has 0 atom stereocenters. The van der Waals surface area contributed by atoms with Crippen LogP contribution in [0.4, 0.5) is 0 Å². The minimum absolute atomic E-state index is 0.0275. The van der Waals surface area contributed by atoms with Gasteiger partial charge in [-0.05, 0) is 11.6 Å². The molecule has 1 aliphatic carbocycles. The van der Waals surface area contributed by atoms with Gasteiger partial charge in [-0.1, -0.05) is 36.4 Å². The maximum atomic E-state index is 11.3. The number of ketones is 1. The van der Waals surface area contributed by atoms with E-state index in [1.54, 1.807) is 6.08 Å². The SMILES string of the molecule is O=C1CCC(O)=C1C=Cc1ccccc1. The number of benzene rings is 1. The first-order valence-corrected chi connectivity index (χ1v) is 4.96. The summed E-state index contributed by atoms with van der Waals surface area (Å²) in [5.74, 6) is 0.242. The lowest BCUT2D eigenvalue weighted by molar-refractivity contribution is -0.114. The first-order chi connectivity index (χ1) is 7.27. The third kappa shape index (κ3) is 2.15. The molecule has 1 N–H and O–H groups in total. The van der Waals surface area contributed by atoms with E-state index in [0.717, 1.165) is 5.56 Å². The zero-order chi connectivity index (χ0) is 10.7. The molecule has 0 unspecified atom stereocenters. The summed E-state index contributed by atoms with van der Waals surface area (Å²) < 4.78 is 0. The number of allylic oxidation sites excluding steroid dienone is 3. The van der Waals surface area contributed by atoms with Crippen molar-refractivity contribution in [1.29, 1.82) is 0 Å². The molecule has 2 nitrogen and oxygen atoms in total. The second-order valence-electron chi connectivity index (χ2n) is 3.53. The van der Waals surface area contributed by atoms with Gasteiger partial charge in [0, 0.05) is 12.8 Å². The minimum Gasteiger partial charge on any atom is -0.512 e. The summed E-state index contributed by atoms with van der Waals surface area (Å²) in [7, 11) is 0. The number of carbonyl (C=O) groups is 1. The van der Waals surface area contributed by atoms with Gasteiger partial charge in [-0.3, -0.25) is 4.79 Å². The Morgan fingerprint density at radius 1 is 1.07 bits per heavy atom. The average molecular weight is 200 g/mol. The van der Waals surface area contributed by atoms with Crippen LogP contribution in [0.1, 0.15) is 18.4 Å². The zero-order valence-corrected chi connectivity index (χ0v) is 8.31. The molecular formula is C13H12O2. The van der Waals surface area contributed by atoms with E-state index in [-0.39, 0.29) is 11.5 Å². The predicted molar refractivity (Wildman–Crippen MR) is 59.4 cm³/mol. The van der Waals surface area contributed by atoms with Gasteiger partial charge in [0.2, 0.25) is 0 Å². The van der Waals surface area contributed by atoms with E-state index >= 15 is 0 Å². The van der Waals surface area contributed by atoms with Gasteiger partial charge in [-0.15, -0.1) is 0 Å². The lowest BCUT2D eigenvalue weighted by Gasteiger charge is -1.94. The molecule has 0 spiro atoms. The Morgan fingerprint density at radius 3 is 2.40 bits per heavy atom. The highest BCUT2D eigenvalue weighted by Gasteiger charge is 2.19. The molecule has 0 amide bonds. The van der Waals surface area contributed by atoms with Crippen molar-refractivity contribution in [2.75, 3.05) is 0 Å². The quantitative estimate of drug-likeness (QED) is 0.797. The summed E-state index contributed by atoms with van der Waals surface area (Å²) in [5, 5.41) is 9.44. The summed E-state index contributed by atoms with van der Waals surface area (Å²) in [5.41, 5.74) is 1.48. The van der Waals surface area contributed by atoms with Gasteiger partial charge in [-0.25, -0.2) is 0 Å². The highest BCUT2D eigenvalue weighted by molar-refractivity contribution is 6.01. The summed E-state index contributed by atoms with van der Waals surface area (Å²) in [6.07, 6.45) is 4.45. The van der Waals surface area contributed by atoms with Crippen LogP contribution < -0.4 is 0 Å². The lowest BCUT2D eigenvalue weighted by atomic mass is 10.1. The number of carbonyl (C=O) groups excluding carboxylic acids is 1. The standard InChI is InChI=1S/C13H12O2/c14-12-8-9-13(15)11(12)7-6-10-4-2-1-3-5-10/h1-7,14H,8-9H2. The third-order valence-electron chi connectivity index (χ3n) is 2.44. The number of hydrogen-bond acceptors (Lipinski definition) is 2. The molecule has 76 valence electrons. The Morgan fingerprint density at radius 2 is 1.80 bits per heavy atom. The van der Waals surface area contributed by atoms with Crippen LogP contribution in [0.15, 0.2) is 47.7 Å². The normalized spacial score (nSPS) is 16.7. The molecule has 0 bridgehead atoms. The summed E-state index contributed by atoms with van der Waals surface area (Å²) >= 11 is 0. The molecule has 2 rings (SSSR count). The summed E-state index contributed by atoms with van der Waals surface area (Å²) in [6, 6.07) is 9.71. The van der Waals surface area contributed by atoms with Gasteiger partial charge >= 0.3 is 0 Å². The van der Waals surface area contributed by atoms with Gasteiger partial charge in [-0.2, -0.15) is 0 Å². The van der Waals surface area contributed by atoms with E-state index in [2.05, 4.69) is 0 Å². The molecule has 2 heteroatoms. The number of aliphatic hydroxyl groups excluding tert-OH is 1. The van der Waals surface area contributed by atoms with E-state index in [1.165, 1.54) is 0 Å². The Hall–Kier alpha value is -1.83. The van der Waals surface area contributed by atoms with Crippen molar-refractivity contribution in [3.05, 3.63) is 53.3 Å². The van der Waals surface area contributed by atoms with E-state index in [0.29, 0.717) is 18.4 Å². The monoisotopic (exact) mass is 200 g/mol. The smallest absolute Gasteiger partial charge is 0.166 e. The van der Waals surface area contributed by atoms with Crippen LogP contribution in [-0.2, 0) is 4.79 Å². The highest BCUT2D eigenvalue weighted by Crippen LogP contribution is 2.22. The van der Waals surface area contributed by atoms with Gasteiger partial charge in [0.1, 0.15) is 5.76 Å². The predicted octanol–water partition coefficient (Wildman–Crippen LogP) is 2.87. The first kappa shape index (κ1) is 9.71. The Kier molecular flexibility index (Phi) is 2.68. The van der Waals surface area contributed by atoms with E-state index in [4.69, 9.17) is 0 Å². The van der Waals surface area contributed by atoms with Crippen molar-refractivity contribution in [3.8, 4) is 0 Å². The zero-order valence-electron chi connectivity index (χ0n) is 8.31. The maximum Gasteiger partial charge on any atom is 0.166 e. The van der Waals surface area contributed by atoms with E-state index < -0.39 is 0 Å². The lowest BCUT2D eigenvalue weighted by Crippen LogP contribution is -1.92. The Balaban J connectivity index is 2.19. The van der Waals surface area contributed by atoms with Crippen molar-refractivity contribution < 1.29 is 9.90 Å². The van der Waals surface area contributed by atoms with Crippen LogP contribution in [0, 0.1) is 0 Å². The highest BCUT2D eigenvalue weighted by atomic mass is 16.3. The molecule has 0 saturated heterocycles. The number of Topliss-reactive ketones (excluding diaryl/α,β-unsaturated/α-hetero) is 1. The molecule has 1 aromatic carbocycles. The van der Waals surface area contributed by atoms with Crippen molar-refractivity contribution in [3.63, 3.8) is 0 Å². The van der Waals surface area contributed by atoms with Crippen molar-refractivity contribution >= 4 is 11.9 Å². The molecule has 0 radical (unpaired) electrons. The molecule has 0 aromatic heterocycles. The second-order valence-corrected chi connectivity index (χ2v) is 3.53. The van der Waals surface area contributed by atoms with Crippen LogP contribution >= 0.6 is 0 Å². The number of aliphatic hydroxyl groups is 1. The van der Waals surface area contributed by atoms with Crippen molar-refractivity contribution in [2.24, 2.45) is 0 Å². The van der Waals surface area contributed by atoms with Crippen LogP contribution in [-0.4, -0.2) is 10.9 Å². The van der Waals surface area contributed by atoms with Gasteiger partial charge < -0.3 is 5.11 Å². The van der Waals surface area contributed by atoms with Crippen LogP contribution in [0.5, 0.6) is 0 Å². The summed E-state index contributed by atoms with van der Waals surface area (Å²) in [4.78, 5) is 11.3. The Bertz CT molecular complexity index is 427. The van der Waals surface area contributed by atoms with Crippen LogP contribution in [0.25, 0.3) is 6.08 Å². The fourth-order valence-corrected chi connectivity index (χ4v) is 1.60. The van der Waals surface area contributed by atoms with Gasteiger partial charge in [0.05, 0.1) is 5.57 Å². The second kappa shape index (κ2) is 4.13. The number of hydrogen-bond donors (Lipinski definition) is 1. The fraction of sp³-hybridized carbons (Fsp3) is 0.154. The minimum atomic E-state index is 0.0275. The van der Waals surface area contributed by atoms with Gasteiger partial charge in [0.15, 0.2) is 5.78 Å². The fourth-order valence-electron chi connectivity index (χ4n) is 1.60. The van der Waals surface area contributed by atoms with E-state index in [9.17, 15) is 9.90 Å². The third-order valence-corrected chi connectivity index (χ3v) is 2.44. The van der Waals surface area contributed by atoms with Crippen molar-refractivity contribution in [1.82, 2.24) is 0 Å².